The van der Waals surface area contributed by atoms with Gasteiger partial charge in [-0.2, -0.15) is 0 Å². The Bertz CT molecular complexity index is 475. The summed E-state index contributed by atoms with van der Waals surface area (Å²) < 4.78 is 65.0. The fraction of sp³-hybridized carbons (Fsp3) is 0.963. The Hall–Kier alpha value is -0.960. The van der Waals surface area contributed by atoms with Gasteiger partial charge in [0.25, 0.3) is 0 Å². The third-order valence-corrected chi connectivity index (χ3v) is 4.92. The molecule has 0 saturated carbocycles. The third-order valence-electron chi connectivity index (χ3n) is 4.92. The van der Waals surface area contributed by atoms with E-state index in [-0.39, 0.29) is 19.2 Å². The highest BCUT2D eigenvalue weighted by molar-refractivity contribution is 5.69. The molecule has 0 aromatic carbocycles. The molecule has 0 amide bonds. The monoisotopic (exact) mass is 572 g/mol. The number of ether oxygens (including phenoxy) is 10. The van der Waals surface area contributed by atoms with Crippen LogP contribution >= 0.6 is 0 Å². The summed E-state index contributed by atoms with van der Waals surface area (Å²) >= 11 is 0. The predicted octanol–water partition coefficient (Wildman–Crippen LogP) is 2.62. The average Bonchev–Trinajstić information content (AvgIpc) is 2.94. The molecule has 11 nitrogen and oxygen atoms in total. The predicted molar refractivity (Wildman–Crippen MR) is 143 cm³/mol. The van der Waals surface area contributed by atoms with Crippen molar-refractivity contribution in [3.63, 3.8) is 0 Å². The molecule has 0 aliphatic heterocycles. The fourth-order valence-corrected chi connectivity index (χ4v) is 2.90. The summed E-state index contributed by atoms with van der Waals surface area (Å²) in [6.45, 7) is 10.0. The molecule has 0 rings (SSSR count). The molecule has 0 spiro atoms. The van der Waals surface area contributed by atoms with Crippen LogP contribution in [0.15, 0.2) is 0 Å². The van der Waals surface area contributed by atoms with E-state index in [4.69, 9.17) is 47.4 Å². The van der Waals surface area contributed by atoms with Gasteiger partial charge in [0.05, 0.1) is 119 Å². The van der Waals surface area contributed by atoms with Gasteiger partial charge in [-0.05, 0) is 6.42 Å². The van der Waals surface area contributed by atoms with Crippen molar-refractivity contribution in [1.82, 2.24) is 0 Å². The van der Waals surface area contributed by atoms with Crippen LogP contribution in [0.2, 0.25) is 0 Å². The van der Waals surface area contributed by atoms with E-state index in [0.29, 0.717) is 119 Å². The van der Waals surface area contributed by atoms with E-state index in [1.54, 1.807) is 0 Å². The molecule has 234 valence electrons. The second-order valence-electron chi connectivity index (χ2n) is 8.23. The number of hydrogen-bond donors (Lipinski definition) is 0. The second-order valence-corrected chi connectivity index (χ2v) is 8.23. The van der Waals surface area contributed by atoms with Crippen LogP contribution in [-0.2, 0) is 52.2 Å². The van der Waals surface area contributed by atoms with Gasteiger partial charge in [-0.15, -0.1) is 0 Å². The Labute approximate surface area is 234 Å². The Kier molecular flexibility index (Phi) is 34.2. The number of rotatable bonds is 34. The number of carbonyl (C=O) groups excluding carboxylic acids is 1. The molecule has 0 fully saturated rings. The Morgan fingerprint density at radius 3 is 1.05 bits per heavy atom. The highest BCUT2D eigenvalue weighted by atomic mass is 19.1. The van der Waals surface area contributed by atoms with Gasteiger partial charge < -0.3 is 47.4 Å². The van der Waals surface area contributed by atoms with E-state index in [0.717, 1.165) is 25.7 Å². The van der Waals surface area contributed by atoms with Crippen LogP contribution in [-0.4, -0.2) is 138 Å². The van der Waals surface area contributed by atoms with E-state index in [1.807, 2.05) is 0 Å². The summed E-state index contributed by atoms with van der Waals surface area (Å²) in [5.41, 5.74) is 0. The van der Waals surface area contributed by atoms with Crippen molar-refractivity contribution in [2.45, 2.75) is 39.0 Å². The van der Waals surface area contributed by atoms with Gasteiger partial charge in [0.15, 0.2) is 0 Å². The summed E-state index contributed by atoms with van der Waals surface area (Å²) in [6, 6.07) is 0. The van der Waals surface area contributed by atoms with Crippen LogP contribution in [0.5, 0.6) is 0 Å². The van der Waals surface area contributed by atoms with Crippen molar-refractivity contribution in [2.75, 3.05) is 132 Å². The minimum atomic E-state index is -0.475. The first-order valence-corrected chi connectivity index (χ1v) is 14.2. The van der Waals surface area contributed by atoms with Crippen LogP contribution in [0, 0.1) is 0 Å². The van der Waals surface area contributed by atoms with Crippen LogP contribution in [0.1, 0.15) is 39.0 Å². The summed E-state index contributed by atoms with van der Waals surface area (Å²) in [7, 11) is 0. The molecule has 0 unspecified atom stereocenters. The highest BCUT2D eigenvalue weighted by Crippen LogP contribution is 2.03. The van der Waals surface area contributed by atoms with Crippen LogP contribution < -0.4 is 0 Å². The molecular weight excluding hydrogens is 519 g/mol. The van der Waals surface area contributed by atoms with Crippen molar-refractivity contribution in [1.29, 1.82) is 0 Å². The summed E-state index contributed by atoms with van der Waals surface area (Å²) in [5, 5.41) is 0. The maximum atomic E-state index is 11.8. The lowest BCUT2D eigenvalue weighted by Gasteiger charge is -2.09. The summed E-state index contributed by atoms with van der Waals surface area (Å²) in [4.78, 5) is 11.5. The standard InChI is InChI=1S/C27H53FO11/c1-2-3-4-5-6-27(29)39-26-25-38-24-23-37-22-21-36-20-19-35-18-17-34-16-15-33-14-13-32-12-11-31-10-9-30-8-7-28/h2-26H2,1H3. The number of hydrogen-bond acceptors (Lipinski definition) is 11. The number of halogens is 1. The Morgan fingerprint density at radius 1 is 0.436 bits per heavy atom. The van der Waals surface area contributed by atoms with E-state index >= 15 is 0 Å². The van der Waals surface area contributed by atoms with Crippen molar-refractivity contribution in [3.8, 4) is 0 Å². The minimum absolute atomic E-state index is 0.112. The van der Waals surface area contributed by atoms with E-state index in [9.17, 15) is 9.18 Å². The molecule has 0 saturated heterocycles. The van der Waals surface area contributed by atoms with Crippen molar-refractivity contribution < 1.29 is 56.6 Å². The number of esters is 1. The lowest BCUT2D eigenvalue weighted by Crippen LogP contribution is -2.15. The Morgan fingerprint density at radius 2 is 0.744 bits per heavy atom. The van der Waals surface area contributed by atoms with Gasteiger partial charge in [-0.25, -0.2) is 4.39 Å². The molecule has 0 aliphatic carbocycles. The fourth-order valence-electron chi connectivity index (χ4n) is 2.90. The van der Waals surface area contributed by atoms with Crippen molar-refractivity contribution >= 4 is 5.97 Å². The number of carbonyl (C=O) groups is 1. The van der Waals surface area contributed by atoms with Gasteiger partial charge in [0.1, 0.15) is 13.3 Å². The van der Waals surface area contributed by atoms with Crippen LogP contribution in [0.25, 0.3) is 0 Å². The Balaban J connectivity index is 3.07. The van der Waals surface area contributed by atoms with E-state index in [2.05, 4.69) is 6.92 Å². The van der Waals surface area contributed by atoms with Crippen molar-refractivity contribution in [3.05, 3.63) is 0 Å². The van der Waals surface area contributed by atoms with Gasteiger partial charge in [0.2, 0.25) is 0 Å². The first kappa shape index (κ1) is 38.0. The molecule has 0 aromatic heterocycles. The quantitative estimate of drug-likeness (QED) is 0.0838. The SMILES string of the molecule is CCCCCCC(=O)OCCOCCOCCOCCOCCOCCOCCOCCOCCOCCF. The molecular formula is C27H53FO11. The molecule has 0 atom stereocenters. The first-order valence-electron chi connectivity index (χ1n) is 14.2. The van der Waals surface area contributed by atoms with Gasteiger partial charge >= 0.3 is 5.97 Å². The first-order chi connectivity index (χ1) is 19.3. The van der Waals surface area contributed by atoms with Crippen LogP contribution in [0.4, 0.5) is 4.39 Å². The zero-order chi connectivity index (χ0) is 28.3. The smallest absolute Gasteiger partial charge is 0.305 e. The maximum Gasteiger partial charge on any atom is 0.305 e. The van der Waals surface area contributed by atoms with Gasteiger partial charge in [-0.3, -0.25) is 4.79 Å². The zero-order valence-electron chi connectivity index (χ0n) is 24.0. The summed E-state index contributed by atoms with van der Waals surface area (Å²) in [6.07, 6.45) is 4.75. The minimum Gasteiger partial charge on any atom is -0.463 e. The molecule has 0 heterocycles. The zero-order valence-corrected chi connectivity index (χ0v) is 24.0. The number of alkyl halides is 1. The van der Waals surface area contributed by atoms with E-state index in [1.165, 1.54) is 0 Å². The molecule has 39 heavy (non-hydrogen) atoms. The average molecular weight is 573 g/mol. The largest absolute Gasteiger partial charge is 0.463 e. The van der Waals surface area contributed by atoms with E-state index < -0.39 is 6.67 Å². The van der Waals surface area contributed by atoms with Gasteiger partial charge in [-0.1, -0.05) is 26.2 Å². The number of unbranched alkanes of at least 4 members (excludes halogenated alkanes) is 3. The molecule has 12 heteroatoms. The highest BCUT2D eigenvalue weighted by Gasteiger charge is 2.02. The lowest BCUT2D eigenvalue weighted by atomic mass is 10.2. The second kappa shape index (κ2) is 35.1. The van der Waals surface area contributed by atoms with Crippen LogP contribution in [0.3, 0.4) is 0 Å². The third kappa shape index (κ3) is 35.0. The molecule has 0 N–H and O–H groups in total. The summed E-state index contributed by atoms with van der Waals surface area (Å²) in [5.74, 6) is -0.155. The van der Waals surface area contributed by atoms with Crippen molar-refractivity contribution in [2.24, 2.45) is 0 Å². The normalized spacial score (nSPS) is 11.3. The lowest BCUT2D eigenvalue weighted by molar-refractivity contribution is -0.145. The molecule has 0 aromatic rings. The molecule has 0 bridgehead atoms. The topological polar surface area (TPSA) is 109 Å². The molecule has 0 aliphatic rings. The van der Waals surface area contributed by atoms with Gasteiger partial charge in [0, 0.05) is 6.42 Å². The maximum absolute atomic E-state index is 11.8. The molecule has 0 radical (unpaired) electrons.